The fourth-order valence-electron chi connectivity index (χ4n) is 1.39. The Morgan fingerprint density at radius 1 is 1.14 bits per heavy atom. The van der Waals surface area contributed by atoms with Gasteiger partial charge in [-0.1, -0.05) is 0 Å². The van der Waals surface area contributed by atoms with Crippen molar-refractivity contribution in [3.8, 4) is 0 Å². The predicted octanol–water partition coefficient (Wildman–Crippen LogP) is -2.53. The van der Waals surface area contributed by atoms with E-state index in [0.717, 1.165) is 6.54 Å². The molecule has 2 unspecified atom stereocenters. The van der Waals surface area contributed by atoms with Crippen LogP contribution in [0.5, 0.6) is 0 Å². The summed E-state index contributed by atoms with van der Waals surface area (Å²) in [5, 5.41) is 27.4. The number of aliphatic imine (C=N–C) groups is 1. The zero-order valence-corrected chi connectivity index (χ0v) is 12.2. The average molecular weight is 358 g/mol. The van der Waals surface area contributed by atoms with Gasteiger partial charge in [0, 0.05) is 6.54 Å². The van der Waals surface area contributed by atoms with E-state index in [2.05, 4.69) is 20.9 Å². The molecule has 0 aliphatic carbocycles. The number of aliphatic carboxylic acids is 2. The summed E-state index contributed by atoms with van der Waals surface area (Å²) in [6.45, 7) is 2.66. The minimum Gasteiger partial charge on any atom is -0.648 e. The van der Waals surface area contributed by atoms with Crippen molar-refractivity contribution in [2.75, 3.05) is 32.7 Å². The fraction of sp³-hybridized carbons (Fsp3) is 0.700. The summed E-state index contributed by atoms with van der Waals surface area (Å²) in [5.41, 5.74) is 0. The summed E-state index contributed by atoms with van der Waals surface area (Å²) < 4.78 is 0. The summed E-state index contributed by atoms with van der Waals surface area (Å²) in [5.74, 6) is -1.71. The van der Waals surface area contributed by atoms with Crippen molar-refractivity contribution in [2.45, 2.75) is 12.1 Å². The molecule has 1 radical (unpaired) electrons. The maximum absolute atomic E-state index is 10.2. The SMILES string of the molecule is O=C(O)C1CN=CC[N-]1.O=C(O)C1CNCC[N-]1.[Cu+2].[OH3+].[OH3+]. The van der Waals surface area contributed by atoms with Crippen molar-refractivity contribution < 1.29 is 47.8 Å². The summed E-state index contributed by atoms with van der Waals surface area (Å²) in [4.78, 5) is 24.2. The first-order chi connectivity index (χ1) is 8.61. The maximum Gasteiger partial charge on any atom is 2.00 e. The van der Waals surface area contributed by atoms with Crippen LogP contribution in [0.25, 0.3) is 10.6 Å². The van der Waals surface area contributed by atoms with Gasteiger partial charge in [-0.2, -0.15) is 0 Å². The van der Waals surface area contributed by atoms with Crippen LogP contribution in [0.4, 0.5) is 0 Å². The van der Waals surface area contributed by atoms with Gasteiger partial charge >= 0.3 is 17.1 Å². The van der Waals surface area contributed by atoms with Crippen LogP contribution in [-0.4, -0.2) is 73.2 Å². The Hall–Kier alpha value is -1.07. The van der Waals surface area contributed by atoms with Crippen LogP contribution in [0.15, 0.2) is 4.99 Å². The molecule has 11 heteroatoms. The zero-order chi connectivity index (χ0) is 13.4. The molecule has 1 saturated heterocycles. The number of carbonyl (C=O) groups is 2. The van der Waals surface area contributed by atoms with E-state index in [9.17, 15) is 9.59 Å². The molecule has 0 aromatic carbocycles. The van der Waals surface area contributed by atoms with E-state index in [1.807, 2.05) is 0 Å². The Morgan fingerprint density at radius 2 is 1.76 bits per heavy atom. The molecule has 0 aromatic rings. The summed E-state index contributed by atoms with van der Waals surface area (Å²) >= 11 is 0. The molecule has 1 fully saturated rings. The molecule has 2 aliphatic rings. The molecule has 2 aliphatic heterocycles. The van der Waals surface area contributed by atoms with Gasteiger partial charge in [0.15, 0.2) is 0 Å². The number of carboxylic acid groups (broad SMARTS) is 2. The number of rotatable bonds is 2. The van der Waals surface area contributed by atoms with Gasteiger partial charge in [0.2, 0.25) is 0 Å². The molecule has 0 aromatic heterocycles. The van der Waals surface area contributed by atoms with Gasteiger partial charge in [-0.25, -0.2) is 0 Å². The Balaban J connectivity index is -0.000000270. The Labute approximate surface area is 132 Å². The second-order valence-corrected chi connectivity index (χ2v) is 3.73. The summed E-state index contributed by atoms with van der Waals surface area (Å²) in [7, 11) is 0. The van der Waals surface area contributed by atoms with Gasteiger partial charge in [0.25, 0.3) is 11.9 Å². The second-order valence-electron chi connectivity index (χ2n) is 3.73. The van der Waals surface area contributed by atoms with Crippen molar-refractivity contribution in [3.63, 3.8) is 0 Å². The van der Waals surface area contributed by atoms with Gasteiger partial charge in [-0.05, 0) is 31.4 Å². The Bertz CT molecular complexity index is 325. The number of nitrogens with one attached hydrogen (secondary N) is 1. The first-order valence-corrected chi connectivity index (χ1v) is 5.59. The van der Waals surface area contributed by atoms with E-state index in [4.69, 9.17) is 10.2 Å². The van der Waals surface area contributed by atoms with Gasteiger partial charge in [-0.15, -0.1) is 13.1 Å². The van der Waals surface area contributed by atoms with Crippen LogP contribution in [0.3, 0.4) is 0 Å². The topological polar surface area (TPSA) is 193 Å². The summed E-state index contributed by atoms with van der Waals surface area (Å²) in [6.07, 6.45) is 1.62. The van der Waals surface area contributed by atoms with Crippen LogP contribution in [-0.2, 0) is 37.6 Å². The van der Waals surface area contributed by atoms with Crippen molar-refractivity contribution in [1.29, 1.82) is 0 Å². The van der Waals surface area contributed by atoms with Crippen LogP contribution in [0, 0.1) is 0 Å². The third-order valence-electron chi connectivity index (χ3n) is 2.36. The smallest absolute Gasteiger partial charge is 0.648 e. The van der Waals surface area contributed by atoms with Crippen molar-refractivity contribution in [3.05, 3.63) is 10.6 Å². The quantitative estimate of drug-likeness (QED) is 0.361. The van der Waals surface area contributed by atoms with E-state index in [0.29, 0.717) is 26.2 Å². The standard InChI is InChI=1S/C5H9N2O2.C5H7N2O2.Cu.2H2O/c2*8-5(9)4-3-6-1-2-7-4;;;/h4,6H,1-3H2,(H,8,9);1,4H,2-3H2,(H,8,9);;2*1H2/q2*-1;+2;;/p+2. The molecule has 9 N–H and O–H groups in total. The van der Waals surface area contributed by atoms with Gasteiger partial charge in [0.1, 0.15) is 0 Å². The Kier molecular flexibility index (Phi) is 16.5. The molecule has 0 bridgehead atoms. The zero-order valence-electron chi connectivity index (χ0n) is 11.3. The van der Waals surface area contributed by atoms with E-state index < -0.39 is 24.0 Å². The van der Waals surface area contributed by atoms with E-state index in [-0.39, 0.29) is 28.0 Å². The van der Waals surface area contributed by atoms with Crippen molar-refractivity contribution in [1.82, 2.24) is 5.32 Å². The van der Waals surface area contributed by atoms with Crippen molar-refractivity contribution >= 4 is 18.2 Å². The maximum atomic E-state index is 10.2. The Morgan fingerprint density at radius 3 is 2.05 bits per heavy atom. The largest absolute Gasteiger partial charge is 2.00 e. The average Bonchev–Trinajstić information content (AvgIpc) is 2.41. The minimum atomic E-state index is -0.883. The molecule has 2 heterocycles. The van der Waals surface area contributed by atoms with Gasteiger partial charge in [-0.3, -0.25) is 9.59 Å². The normalized spacial score (nSPS) is 23.0. The number of piperazine rings is 1. The van der Waals surface area contributed by atoms with Crippen LogP contribution in [0.2, 0.25) is 0 Å². The molecule has 127 valence electrons. The number of hydrogen-bond donors (Lipinski definition) is 3. The molecule has 0 amide bonds. The molecule has 21 heavy (non-hydrogen) atoms. The van der Waals surface area contributed by atoms with E-state index >= 15 is 0 Å². The first-order valence-electron chi connectivity index (χ1n) is 5.59. The second kappa shape index (κ2) is 13.9. The minimum absolute atomic E-state index is 0. The van der Waals surface area contributed by atoms with Crippen LogP contribution in [0.1, 0.15) is 0 Å². The van der Waals surface area contributed by atoms with Gasteiger partial charge < -0.3 is 42.1 Å². The van der Waals surface area contributed by atoms with Gasteiger partial charge in [0.05, 0.1) is 0 Å². The van der Waals surface area contributed by atoms with Crippen molar-refractivity contribution in [2.24, 2.45) is 4.99 Å². The molecule has 0 saturated carbocycles. The number of carboxylic acids is 2. The summed E-state index contributed by atoms with van der Waals surface area (Å²) in [6, 6.07) is -1.12. The number of nitrogens with zero attached hydrogens (tertiary/aromatic N) is 3. The third-order valence-corrected chi connectivity index (χ3v) is 2.36. The molecular formula is C10H22CuN4O6+2. The van der Waals surface area contributed by atoms with Crippen LogP contribution < -0.4 is 5.32 Å². The molecule has 2 rings (SSSR count). The van der Waals surface area contributed by atoms with E-state index in [1.54, 1.807) is 6.21 Å². The monoisotopic (exact) mass is 357 g/mol. The predicted molar refractivity (Wildman–Crippen MR) is 75.3 cm³/mol. The van der Waals surface area contributed by atoms with Crippen LogP contribution >= 0.6 is 0 Å². The fourth-order valence-corrected chi connectivity index (χ4v) is 1.39. The molecule has 2 atom stereocenters. The molecule has 10 nitrogen and oxygen atoms in total. The first kappa shape index (κ1) is 24.9. The molecule has 0 spiro atoms. The van der Waals surface area contributed by atoms with E-state index in [1.165, 1.54) is 0 Å². The molecular weight excluding hydrogens is 336 g/mol. The third kappa shape index (κ3) is 10.3. The number of hydrogen-bond acceptors (Lipinski definition) is 4.